The van der Waals surface area contributed by atoms with Gasteiger partial charge in [-0.1, -0.05) is 0 Å². The molecule has 0 radical (unpaired) electrons. The van der Waals surface area contributed by atoms with Crippen molar-refractivity contribution in [3.63, 3.8) is 0 Å². The molecule has 0 fully saturated rings. The van der Waals surface area contributed by atoms with Crippen LogP contribution in [-0.2, 0) is 5.88 Å². The number of benzene rings is 1. The van der Waals surface area contributed by atoms with Gasteiger partial charge in [0.15, 0.2) is 0 Å². The zero-order chi connectivity index (χ0) is 13.0. The van der Waals surface area contributed by atoms with Gasteiger partial charge in [-0.2, -0.15) is 14.0 Å². The van der Waals surface area contributed by atoms with Crippen molar-refractivity contribution in [3.05, 3.63) is 28.8 Å². The van der Waals surface area contributed by atoms with E-state index in [4.69, 9.17) is 22.0 Å². The Balaban J connectivity index is 3.36. The van der Waals surface area contributed by atoms with Crippen LogP contribution in [0.25, 0.3) is 0 Å². The van der Waals surface area contributed by atoms with Crippen molar-refractivity contribution in [1.29, 1.82) is 5.26 Å². The Morgan fingerprint density at radius 1 is 1.59 bits per heavy atom. The number of hydrogen-bond acceptors (Lipinski definition) is 3. The van der Waals surface area contributed by atoms with Gasteiger partial charge in [-0.15, -0.1) is 11.6 Å². The normalized spacial score (nSPS) is 10.1. The van der Waals surface area contributed by atoms with Gasteiger partial charge in [0.2, 0.25) is 0 Å². The number of carbonyl (C=O) groups is 1. The highest BCUT2D eigenvalue weighted by molar-refractivity contribution is 6.17. The molecule has 0 aliphatic carbocycles. The van der Waals surface area contributed by atoms with Gasteiger partial charge >= 0.3 is 12.6 Å². The molecule has 4 nitrogen and oxygen atoms in total. The lowest BCUT2D eigenvalue weighted by Gasteiger charge is -2.09. The number of nitriles is 1. The topological polar surface area (TPSA) is 70.3 Å². The van der Waals surface area contributed by atoms with E-state index in [0.29, 0.717) is 0 Å². The number of aromatic carboxylic acids is 1. The first-order valence-electron chi connectivity index (χ1n) is 4.30. The quantitative estimate of drug-likeness (QED) is 0.846. The molecular formula is C10H6ClF2NO3. The number of hydrogen-bond donors (Lipinski definition) is 1. The van der Waals surface area contributed by atoms with Crippen LogP contribution in [0.15, 0.2) is 12.1 Å². The number of carboxylic acids is 1. The van der Waals surface area contributed by atoms with Gasteiger partial charge in [0.1, 0.15) is 5.75 Å². The van der Waals surface area contributed by atoms with Crippen LogP contribution in [0.2, 0.25) is 0 Å². The van der Waals surface area contributed by atoms with Crippen molar-refractivity contribution in [1.82, 2.24) is 0 Å². The Hall–Kier alpha value is -1.87. The average Bonchev–Trinajstić information content (AvgIpc) is 2.26. The molecule has 17 heavy (non-hydrogen) atoms. The maximum Gasteiger partial charge on any atom is 0.387 e. The minimum Gasteiger partial charge on any atom is -0.478 e. The molecular weight excluding hydrogens is 256 g/mol. The molecule has 0 saturated heterocycles. The maximum absolute atomic E-state index is 12.0. The summed E-state index contributed by atoms with van der Waals surface area (Å²) in [5.74, 6) is -1.96. The van der Waals surface area contributed by atoms with Crippen LogP contribution < -0.4 is 4.74 Å². The van der Waals surface area contributed by atoms with Crippen molar-refractivity contribution in [3.8, 4) is 11.8 Å². The van der Waals surface area contributed by atoms with Gasteiger partial charge in [-0.25, -0.2) is 4.79 Å². The molecule has 0 bridgehead atoms. The van der Waals surface area contributed by atoms with E-state index in [1.807, 2.05) is 0 Å². The third kappa shape index (κ3) is 3.04. The van der Waals surface area contributed by atoms with Crippen LogP contribution in [0.5, 0.6) is 5.75 Å². The van der Waals surface area contributed by atoms with Gasteiger partial charge in [-0.3, -0.25) is 0 Å². The number of rotatable bonds is 4. The van der Waals surface area contributed by atoms with E-state index in [9.17, 15) is 13.6 Å². The summed E-state index contributed by atoms with van der Waals surface area (Å²) in [4.78, 5) is 10.9. The highest BCUT2D eigenvalue weighted by Crippen LogP contribution is 2.25. The van der Waals surface area contributed by atoms with Gasteiger partial charge in [0, 0.05) is 5.88 Å². The van der Waals surface area contributed by atoms with E-state index < -0.39 is 12.6 Å². The average molecular weight is 262 g/mol. The van der Waals surface area contributed by atoms with Crippen LogP contribution in [0.1, 0.15) is 21.5 Å². The smallest absolute Gasteiger partial charge is 0.387 e. The van der Waals surface area contributed by atoms with Crippen molar-refractivity contribution >= 4 is 17.6 Å². The molecule has 1 aromatic carbocycles. The molecule has 1 N–H and O–H groups in total. The Morgan fingerprint density at radius 2 is 2.24 bits per heavy atom. The summed E-state index contributed by atoms with van der Waals surface area (Å²) >= 11 is 5.51. The molecule has 90 valence electrons. The Morgan fingerprint density at radius 3 is 2.65 bits per heavy atom. The lowest BCUT2D eigenvalue weighted by molar-refractivity contribution is -0.0499. The van der Waals surface area contributed by atoms with E-state index in [1.165, 1.54) is 0 Å². The van der Waals surface area contributed by atoms with Crippen LogP contribution in [-0.4, -0.2) is 17.7 Å². The number of carboxylic acid groups (broad SMARTS) is 1. The van der Waals surface area contributed by atoms with Gasteiger partial charge < -0.3 is 9.84 Å². The number of nitrogens with zero attached hydrogens (tertiary/aromatic N) is 1. The van der Waals surface area contributed by atoms with E-state index in [0.717, 1.165) is 12.1 Å². The molecule has 7 heteroatoms. The van der Waals surface area contributed by atoms with Gasteiger partial charge in [0.25, 0.3) is 0 Å². The molecule has 1 aromatic rings. The second kappa shape index (κ2) is 5.46. The first kappa shape index (κ1) is 13.2. The van der Waals surface area contributed by atoms with Crippen LogP contribution in [0.3, 0.4) is 0 Å². The summed E-state index contributed by atoms with van der Waals surface area (Å²) in [6, 6.07) is 3.62. The summed E-state index contributed by atoms with van der Waals surface area (Å²) in [5.41, 5.74) is -0.353. The van der Waals surface area contributed by atoms with Crippen molar-refractivity contribution in [2.45, 2.75) is 12.5 Å². The summed E-state index contributed by atoms with van der Waals surface area (Å²) in [5, 5.41) is 17.6. The molecule has 0 aliphatic heterocycles. The second-order valence-corrected chi connectivity index (χ2v) is 3.19. The minimum absolute atomic E-state index is 0.0725. The Bertz CT molecular complexity index is 485. The van der Waals surface area contributed by atoms with Crippen molar-refractivity contribution in [2.75, 3.05) is 0 Å². The first-order valence-corrected chi connectivity index (χ1v) is 4.84. The molecule has 0 heterocycles. The van der Waals surface area contributed by atoms with E-state index in [2.05, 4.69) is 4.74 Å². The van der Waals surface area contributed by atoms with Crippen molar-refractivity contribution < 1.29 is 23.4 Å². The molecule has 0 amide bonds. The molecule has 0 saturated carbocycles. The molecule has 0 spiro atoms. The van der Waals surface area contributed by atoms with Crippen molar-refractivity contribution in [2.24, 2.45) is 0 Å². The Kier molecular flexibility index (Phi) is 4.24. The SMILES string of the molecule is N#Cc1cc(OC(F)F)cc(C(=O)O)c1CCl. The fraction of sp³-hybridized carbons (Fsp3) is 0.200. The van der Waals surface area contributed by atoms with E-state index >= 15 is 0 Å². The van der Waals surface area contributed by atoms with E-state index in [1.54, 1.807) is 6.07 Å². The fourth-order valence-corrected chi connectivity index (χ4v) is 1.54. The highest BCUT2D eigenvalue weighted by Gasteiger charge is 2.17. The highest BCUT2D eigenvalue weighted by atomic mass is 35.5. The Labute approximate surface area is 100.0 Å². The number of alkyl halides is 3. The molecule has 1 rings (SSSR count). The van der Waals surface area contributed by atoms with Crippen LogP contribution in [0.4, 0.5) is 8.78 Å². The lowest BCUT2D eigenvalue weighted by atomic mass is 10.0. The largest absolute Gasteiger partial charge is 0.478 e. The number of halogens is 3. The summed E-state index contributed by atoms with van der Waals surface area (Å²) in [7, 11) is 0. The summed E-state index contributed by atoms with van der Waals surface area (Å²) in [6.45, 7) is -3.09. The lowest BCUT2D eigenvalue weighted by Crippen LogP contribution is -2.07. The van der Waals surface area contributed by atoms with Gasteiger partial charge in [-0.05, 0) is 17.7 Å². The maximum atomic E-state index is 12.0. The third-order valence-corrected chi connectivity index (χ3v) is 2.20. The van der Waals surface area contributed by atoms with Crippen LogP contribution >= 0.6 is 11.6 Å². The monoisotopic (exact) mass is 261 g/mol. The first-order chi connectivity index (χ1) is 7.99. The fourth-order valence-electron chi connectivity index (χ4n) is 1.25. The predicted molar refractivity (Wildman–Crippen MR) is 54.3 cm³/mol. The minimum atomic E-state index is -3.09. The second-order valence-electron chi connectivity index (χ2n) is 2.93. The summed E-state index contributed by atoms with van der Waals surface area (Å²) < 4.78 is 28.0. The molecule has 0 aliphatic rings. The number of ether oxygens (including phenoxy) is 1. The predicted octanol–water partition coefficient (Wildman–Crippen LogP) is 2.60. The van der Waals surface area contributed by atoms with Crippen LogP contribution in [0, 0.1) is 11.3 Å². The molecule has 0 aromatic heterocycles. The zero-order valence-electron chi connectivity index (χ0n) is 8.28. The van der Waals surface area contributed by atoms with Gasteiger partial charge in [0.05, 0.1) is 17.2 Å². The standard InChI is InChI=1S/C10H6ClF2NO3/c11-3-8-5(4-14)1-6(17-10(12)13)2-7(8)9(15)16/h1-2,10H,3H2,(H,15,16). The molecule has 0 atom stereocenters. The zero-order valence-corrected chi connectivity index (χ0v) is 9.04. The van der Waals surface area contributed by atoms with E-state index in [-0.39, 0.29) is 28.3 Å². The third-order valence-electron chi connectivity index (χ3n) is 1.93. The summed E-state index contributed by atoms with van der Waals surface area (Å²) in [6.07, 6.45) is 0. The molecule has 0 unspecified atom stereocenters.